The molecule has 0 atom stereocenters. The van der Waals surface area contributed by atoms with Crippen molar-refractivity contribution >= 4 is 23.1 Å². The molecule has 0 aliphatic carbocycles. The number of rotatable bonds is 0. The summed E-state index contributed by atoms with van der Waals surface area (Å²) in [5.41, 5.74) is 0. The Labute approximate surface area is 109 Å². The first-order valence-corrected chi connectivity index (χ1v) is 0. The van der Waals surface area contributed by atoms with E-state index < -0.39 is 0 Å². The van der Waals surface area contributed by atoms with Gasteiger partial charge in [0.25, 0.3) is 0 Å². The van der Waals surface area contributed by atoms with Crippen LogP contribution in [-0.4, -0.2) is 23.1 Å². The predicted octanol–water partition coefficient (Wildman–Crippen LogP) is -12.4. The molecule has 0 radical (unpaired) electrons. The second-order valence-electron chi connectivity index (χ2n) is 0. The number of hydrogen-bond donors (Lipinski definition) is 0. The van der Waals surface area contributed by atoms with Crippen molar-refractivity contribution in [1.82, 2.24) is 0 Å². The van der Waals surface area contributed by atoms with Gasteiger partial charge in [-0.2, -0.15) is 0 Å². The summed E-state index contributed by atoms with van der Waals surface area (Å²) in [4.78, 5) is 0. The summed E-state index contributed by atoms with van der Waals surface area (Å²) in [7, 11) is 0. The van der Waals surface area contributed by atoms with Crippen LogP contribution in [0.4, 0.5) is 0 Å². The van der Waals surface area contributed by atoms with E-state index >= 15 is 0 Å². The molecule has 0 unspecified atom stereocenters. The minimum atomic E-state index is 0. The summed E-state index contributed by atoms with van der Waals surface area (Å²) in [5, 5.41) is 0. The van der Waals surface area contributed by atoms with Crippen LogP contribution in [0.5, 0.6) is 0 Å². The van der Waals surface area contributed by atoms with Gasteiger partial charge in [0, 0.05) is 0 Å². The molecule has 0 amide bonds. The van der Waals surface area contributed by atoms with E-state index in [1.54, 1.807) is 0 Å². The molecule has 0 fully saturated rings. The van der Waals surface area contributed by atoms with E-state index in [4.69, 9.17) is 0 Å². The van der Waals surface area contributed by atoms with E-state index in [1.807, 2.05) is 0 Å². The number of halogens is 3. The molecule has 0 bridgehead atoms. The van der Waals surface area contributed by atoms with Crippen molar-refractivity contribution in [2.45, 2.75) is 0 Å². The molecule has 5 heteroatoms. The van der Waals surface area contributed by atoms with Gasteiger partial charge in [-0.3, -0.25) is 0 Å². The summed E-state index contributed by atoms with van der Waals surface area (Å²) >= 11 is 0. The van der Waals surface area contributed by atoms with Crippen LogP contribution in [0, 0.1) is 0 Å². The first-order valence-electron chi connectivity index (χ1n) is 0. The largest absolute Gasteiger partial charge is 2.00 e. The van der Waals surface area contributed by atoms with Crippen molar-refractivity contribution in [1.29, 1.82) is 0 Å². The fourth-order valence-electron chi connectivity index (χ4n) is 0. The van der Waals surface area contributed by atoms with Crippen LogP contribution in [0.15, 0.2) is 0 Å². The van der Waals surface area contributed by atoms with E-state index in [-0.39, 0.29) is 112 Å². The Morgan fingerprint density at radius 1 is 0.600 bits per heavy atom. The maximum absolute atomic E-state index is 0. The topological polar surface area (TPSA) is 0 Å². The van der Waals surface area contributed by atoms with Gasteiger partial charge in [0.2, 0.25) is 0 Å². The summed E-state index contributed by atoms with van der Waals surface area (Å²) in [6.07, 6.45) is 0. The molecule has 0 aromatic rings. The molecule has 0 nitrogen and oxygen atoms in total. The van der Waals surface area contributed by atoms with Crippen LogP contribution < -0.4 is 88.6 Å². The Hall–Kier alpha value is 3.27. The van der Waals surface area contributed by atoms with Crippen molar-refractivity contribution in [2.24, 2.45) is 0 Å². The fraction of sp³-hybridized carbons (Fsp3) is 0. The molecule has 0 aliphatic heterocycles. The summed E-state index contributed by atoms with van der Waals surface area (Å²) in [5.74, 6) is 0. The maximum atomic E-state index is 0. The van der Waals surface area contributed by atoms with Crippen LogP contribution in [0.3, 0.4) is 0 Å². The van der Waals surface area contributed by atoms with Gasteiger partial charge in [0.1, 0.15) is 0 Å². The Balaban J connectivity index is 0. The first kappa shape index (κ1) is 40.9. The van der Waals surface area contributed by atoms with E-state index in [1.165, 1.54) is 0 Å². The average molecular weight is 170 g/mol. The van der Waals surface area contributed by atoms with Crippen LogP contribution in [0.1, 0.15) is 0 Å². The van der Waals surface area contributed by atoms with Gasteiger partial charge in [-0.15, -0.1) is 0 Å². The van der Waals surface area contributed by atoms with Gasteiger partial charge in [-0.25, -0.2) is 0 Å². The van der Waals surface area contributed by atoms with E-state index in [2.05, 4.69) is 0 Å². The Morgan fingerprint density at radius 2 is 0.600 bits per heavy atom. The minimum absolute atomic E-state index is 0. The van der Waals surface area contributed by atoms with E-state index in [9.17, 15) is 0 Å². The Bertz CT molecular complexity index is 6.85. The molecule has 0 aliphatic rings. The molecule has 0 aromatic carbocycles. The van der Waals surface area contributed by atoms with Gasteiger partial charge in [-0.05, 0) is 0 Å². The molecule has 0 saturated heterocycles. The normalized spacial score (nSPS) is 0. The molecule has 0 heterocycles. The number of hydrogen-bond acceptors (Lipinski definition) is 0. The summed E-state index contributed by atoms with van der Waals surface area (Å²) < 4.78 is 0. The smallest absolute Gasteiger partial charge is 1.00 e. The van der Waals surface area contributed by atoms with E-state index in [0.29, 0.717) is 0 Å². The van der Waals surface area contributed by atoms with Crippen molar-refractivity contribution < 1.29 is 88.6 Å². The Morgan fingerprint density at radius 3 is 0.600 bits per heavy atom. The third-order valence-corrected chi connectivity index (χ3v) is 0. The van der Waals surface area contributed by atoms with Crippen molar-refractivity contribution in [3.63, 3.8) is 0 Å². The quantitative estimate of drug-likeness (QED) is 0.316. The monoisotopic (exact) mass is 168 g/mol. The second-order valence-corrected chi connectivity index (χ2v) is 0. The van der Waals surface area contributed by atoms with Crippen LogP contribution in [0.2, 0.25) is 0 Å². The van der Waals surface area contributed by atoms with Crippen LogP contribution in [0.25, 0.3) is 0 Å². The molecular formula is Cl3KMg. The molecule has 0 rings (SSSR count). The van der Waals surface area contributed by atoms with Gasteiger partial charge < -0.3 is 37.2 Å². The van der Waals surface area contributed by atoms with E-state index in [0.717, 1.165) is 0 Å². The molecule has 0 N–H and O–H groups in total. The van der Waals surface area contributed by atoms with Gasteiger partial charge in [0.15, 0.2) is 0 Å². The summed E-state index contributed by atoms with van der Waals surface area (Å²) in [6.45, 7) is 0. The zero-order valence-electron chi connectivity index (χ0n) is 2.84. The minimum Gasteiger partial charge on any atom is -1.00 e. The zero-order valence-corrected chi connectivity index (χ0v) is 9.65. The first-order chi connectivity index (χ1) is 0. The molecule has 0 saturated carbocycles. The standard InChI is InChI=1S/3ClH.K.Mg/h3*1H;;/q;;;+1;+2/p-3. The van der Waals surface area contributed by atoms with Crippen molar-refractivity contribution in [3.8, 4) is 0 Å². The van der Waals surface area contributed by atoms with Crippen LogP contribution >= 0.6 is 0 Å². The van der Waals surface area contributed by atoms with Gasteiger partial charge in [-0.1, -0.05) is 0 Å². The molecular weight excluding hydrogens is 170 g/mol. The van der Waals surface area contributed by atoms with Crippen molar-refractivity contribution in [2.75, 3.05) is 0 Å². The third-order valence-electron chi connectivity index (χ3n) is 0. The third kappa shape index (κ3) is 18.9. The molecule has 5 heavy (non-hydrogen) atoms. The average Bonchev–Trinajstić information content (AvgIpc) is 0. The maximum Gasteiger partial charge on any atom is 2.00 e. The predicted molar refractivity (Wildman–Crippen MR) is 5.75 cm³/mol. The van der Waals surface area contributed by atoms with Crippen molar-refractivity contribution in [3.05, 3.63) is 0 Å². The Kier molecular flexibility index (Phi) is 218. The van der Waals surface area contributed by atoms with Gasteiger partial charge in [0.05, 0.1) is 0 Å². The molecule has 0 aromatic heterocycles. The zero-order chi connectivity index (χ0) is 0. The van der Waals surface area contributed by atoms with Crippen LogP contribution in [-0.2, 0) is 0 Å². The summed E-state index contributed by atoms with van der Waals surface area (Å²) in [6, 6.07) is 0. The second kappa shape index (κ2) is 26.7. The molecule has 0 spiro atoms. The SMILES string of the molecule is [Cl-].[Cl-].[Cl-].[K+].[Mg+2]. The van der Waals surface area contributed by atoms with Gasteiger partial charge >= 0.3 is 74.4 Å². The molecule has 24 valence electrons. The fourth-order valence-corrected chi connectivity index (χ4v) is 0.